The highest BCUT2D eigenvalue weighted by molar-refractivity contribution is 6.08. The molecule has 5 heteroatoms. The van der Waals surface area contributed by atoms with E-state index >= 15 is 0 Å². The highest BCUT2D eigenvalue weighted by Crippen LogP contribution is 2.15. The average molecular weight is 336 g/mol. The van der Waals surface area contributed by atoms with Gasteiger partial charge in [0, 0.05) is 17.7 Å². The number of carbonyl (C=O) groups excluding carboxylic acids is 1. The van der Waals surface area contributed by atoms with Gasteiger partial charge in [0.1, 0.15) is 18.5 Å². The molecule has 0 fully saturated rings. The van der Waals surface area contributed by atoms with Crippen LogP contribution in [0.25, 0.3) is 0 Å². The van der Waals surface area contributed by atoms with Crippen LogP contribution < -0.4 is 4.74 Å². The quantitative estimate of drug-likeness (QED) is 0.790. The van der Waals surface area contributed by atoms with Gasteiger partial charge in [-0.1, -0.05) is 30.3 Å². The number of hydrogen-bond donors (Lipinski definition) is 1. The SMILES string of the molecule is CN(C)CC(O)COc1ccc(C(=O)c2ccccc2)cc1.Cl. The number of hydrogen-bond acceptors (Lipinski definition) is 4. The normalized spacial score (nSPS) is 11.7. The molecule has 2 aromatic carbocycles. The Balaban J connectivity index is 0.00000264. The Morgan fingerprint density at radius 1 is 1.04 bits per heavy atom. The van der Waals surface area contributed by atoms with Gasteiger partial charge in [-0.05, 0) is 38.4 Å². The van der Waals surface area contributed by atoms with E-state index in [0.717, 1.165) is 0 Å². The molecule has 0 bridgehead atoms. The van der Waals surface area contributed by atoms with Crippen LogP contribution in [0.3, 0.4) is 0 Å². The molecule has 4 nitrogen and oxygen atoms in total. The minimum atomic E-state index is -0.541. The molecule has 1 N–H and O–H groups in total. The van der Waals surface area contributed by atoms with Gasteiger partial charge in [-0.15, -0.1) is 12.4 Å². The van der Waals surface area contributed by atoms with Crippen molar-refractivity contribution in [1.82, 2.24) is 4.90 Å². The van der Waals surface area contributed by atoms with Crippen LogP contribution in [0.15, 0.2) is 54.6 Å². The monoisotopic (exact) mass is 335 g/mol. The number of rotatable bonds is 7. The molecule has 0 radical (unpaired) electrons. The Labute approximate surface area is 143 Å². The van der Waals surface area contributed by atoms with Crippen molar-refractivity contribution >= 4 is 18.2 Å². The standard InChI is InChI=1S/C18H21NO3.ClH/c1-19(2)12-16(20)13-22-17-10-8-15(9-11-17)18(21)14-6-4-3-5-7-14;/h3-11,16,20H,12-13H2,1-2H3;1H. The number of likely N-dealkylation sites (N-methyl/N-ethyl adjacent to an activating group) is 1. The van der Waals surface area contributed by atoms with Gasteiger partial charge in [0.2, 0.25) is 0 Å². The van der Waals surface area contributed by atoms with E-state index < -0.39 is 6.10 Å². The number of carbonyl (C=O) groups is 1. The summed E-state index contributed by atoms with van der Waals surface area (Å²) in [6.45, 7) is 0.773. The fourth-order valence-corrected chi connectivity index (χ4v) is 2.13. The number of nitrogens with zero attached hydrogens (tertiary/aromatic N) is 1. The molecule has 0 saturated heterocycles. The van der Waals surface area contributed by atoms with E-state index in [-0.39, 0.29) is 24.8 Å². The van der Waals surface area contributed by atoms with Gasteiger partial charge in [-0.2, -0.15) is 0 Å². The Kier molecular flexibility index (Phi) is 7.75. The minimum Gasteiger partial charge on any atom is -0.491 e. The van der Waals surface area contributed by atoms with Crippen LogP contribution in [0.2, 0.25) is 0 Å². The maximum Gasteiger partial charge on any atom is 0.193 e. The second-order valence-electron chi connectivity index (χ2n) is 5.45. The number of ether oxygens (including phenoxy) is 1. The van der Waals surface area contributed by atoms with E-state index in [4.69, 9.17) is 4.74 Å². The summed E-state index contributed by atoms with van der Waals surface area (Å²) in [6, 6.07) is 16.1. The number of aliphatic hydroxyl groups is 1. The van der Waals surface area contributed by atoms with E-state index in [1.54, 1.807) is 36.4 Å². The lowest BCUT2D eigenvalue weighted by atomic mass is 10.0. The van der Waals surface area contributed by atoms with Crippen molar-refractivity contribution in [2.24, 2.45) is 0 Å². The third kappa shape index (κ3) is 6.02. The van der Waals surface area contributed by atoms with E-state index in [9.17, 15) is 9.90 Å². The summed E-state index contributed by atoms with van der Waals surface area (Å²) in [7, 11) is 3.79. The highest BCUT2D eigenvalue weighted by Gasteiger charge is 2.09. The van der Waals surface area contributed by atoms with E-state index in [1.165, 1.54) is 0 Å². The van der Waals surface area contributed by atoms with Gasteiger partial charge in [0.15, 0.2) is 5.78 Å². The average Bonchev–Trinajstić information content (AvgIpc) is 2.53. The predicted molar refractivity (Wildman–Crippen MR) is 93.6 cm³/mol. The second-order valence-corrected chi connectivity index (χ2v) is 5.45. The van der Waals surface area contributed by atoms with E-state index in [1.807, 2.05) is 37.2 Å². The number of benzene rings is 2. The summed E-state index contributed by atoms with van der Waals surface area (Å²) in [4.78, 5) is 14.2. The van der Waals surface area contributed by atoms with Gasteiger partial charge >= 0.3 is 0 Å². The lowest BCUT2D eigenvalue weighted by molar-refractivity contribution is 0.0830. The Hall–Kier alpha value is -1.88. The molecule has 1 atom stereocenters. The van der Waals surface area contributed by atoms with Crippen molar-refractivity contribution in [3.05, 3.63) is 65.7 Å². The molecule has 0 aliphatic heterocycles. The predicted octanol–water partition coefficient (Wildman–Crippen LogP) is 2.64. The van der Waals surface area contributed by atoms with Crippen LogP contribution >= 0.6 is 12.4 Å². The maximum absolute atomic E-state index is 12.3. The molecule has 0 aliphatic carbocycles. The van der Waals surface area contributed by atoms with Crippen LogP contribution in [0.4, 0.5) is 0 Å². The second kappa shape index (κ2) is 9.30. The van der Waals surface area contributed by atoms with E-state index in [2.05, 4.69) is 0 Å². The molecule has 124 valence electrons. The van der Waals surface area contributed by atoms with Crippen LogP contribution in [0.5, 0.6) is 5.75 Å². The molecule has 0 saturated carbocycles. The molecule has 1 unspecified atom stereocenters. The first-order valence-corrected chi connectivity index (χ1v) is 7.21. The Morgan fingerprint density at radius 3 is 2.17 bits per heavy atom. The van der Waals surface area contributed by atoms with Gasteiger partial charge in [-0.3, -0.25) is 4.79 Å². The number of halogens is 1. The van der Waals surface area contributed by atoms with Gasteiger partial charge in [0.05, 0.1) is 0 Å². The van der Waals surface area contributed by atoms with Crippen LogP contribution in [0.1, 0.15) is 15.9 Å². The van der Waals surface area contributed by atoms with Crippen molar-refractivity contribution in [2.45, 2.75) is 6.10 Å². The zero-order valence-electron chi connectivity index (χ0n) is 13.3. The van der Waals surface area contributed by atoms with Crippen molar-refractivity contribution in [3.8, 4) is 5.75 Å². The largest absolute Gasteiger partial charge is 0.491 e. The zero-order valence-corrected chi connectivity index (χ0v) is 14.1. The first-order chi connectivity index (χ1) is 10.6. The minimum absolute atomic E-state index is 0. The molecular weight excluding hydrogens is 314 g/mol. The lowest BCUT2D eigenvalue weighted by Gasteiger charge is -2.16. The maximum atomic E-state index is 12.3. The van der Waals surface area contributed by atoms with Crippen molar-refractivity contribution in [1.29, 1.82) is 0 Å². The van der Waals surface area contributed by atoms with Gasteiger partial charge < -0.3 is 14.7 Å². The zero-order chi connectivity index (χ0) is 15.9. The molecule has 0 aliphatic rings. The summed E-state index contributed by atoms with van der Waals surface area (Å²) >= 11 is 0. The lowest BCUT2D eigenvalue weighted by Crippen LogP contribution is -2.30. The summed E-state index contributed by atoms with van der Waals surface area (Å²) < 4.78 is 5.52. The van der Waals surface area contributed by atoms with Crippen molar-refractivity contribution in [3.63, 3.8) is 0 Å². The summed E-state index contributed by atoms with van der Waals surface area (Å²) in [5.74, 6) is 0.627. The fourth-order valence-electron chi connectivity index (χ4n) is 2.13. The van der Waals surface area contributed by atoms with Crippen LogP contribution in [-0.2, 0) is 0 Å². The Bertz CT molecular complexity index is 599. The molecule has 2 aromatic rings. The molecule has 0 spiro atoms. The molecule has 23 heavy (non-hydrogen) atoms. The third-order valence-corrected chi connectivity index (χ3v) is 3.17. The van der Waals surface area contributed by atoms with Crippen molar-refractivity contribution in [2.75, 3.05) is 27.2 Å². The third-order valence-electron chi connectivity index (χ3n) is 3.17. The van der Waals surface area contributed by atoms with Gasteiger partial charge in [-0.25, -0.2) is 0 Å². The number of ketones is 1. The van der Waals surface area contributed by atoms with Crippen molar-refractivity contribution < 1.29 is 14.6 Å². The fraction of sp³-hybridized carbons (Fsp3) is 0.278. The molecule has 0 heterocycles. The summed E-state index contributed by atoms with van der Waals surface area (Å²) in [5.41, 5.74) is 1.28. The highest BCUT2D eigenvalue weighted by atomic mass is 35.5. The van der Waals surface area contributed by atoms with E-state index in [0.29, 0.717) is 23.4 Å². The smallest absolute Gasteiger partial charge is 0.193 e. The number of aliphatic hydroxyl groups excluding tert-OH is 1. The molecule has 0 amide bonds. The van der Waals surface area contributed by atoms with Gasteiger partial charge in [0.25, 0.3) is 0 Å². The molecule has 2 rings (SSSR count). The summed E-state index contributed by atoms with van der Waals surface area (Å²) in [5, 5.41) is 9.75. The van der Waals surface area contributed by atoms with Crippen LogP contribution in [0, 0.1) is 0 Å². The topological polar surface area (TPSA) is 49.8 Å². The van der Waals surface area contributed by atoms with Crippen LogP contribution in [-0.4, -0.2) is 49.1 Å². The first-order valence-electron chi connectivity index (χ1n) is 7.21. The molecular formula is C18H22ClNO3. The first kappa shape index (κ1) is 19.2. The Morgan fingerprint density at radius 2 is 1.61 bits per heavy atom. The molecule has 0 aromatic heterocycles. The summed E-state index contributed by atoms with van der Waals surface area (Å²) in [6.07, 6.45) is -0.541.